The molecule has 4 aromatic rings. The van der Waals surface area contributed by atoms with Gasteiger partial charge in [0.15, 0.2) is 11.4 Å². The number of methoxy groups -OCH3 is 2. The van der Waals surface area contributed by atoms with Crippen molar-refractivity contribution in [1.82, 2.24) is 0 Å². The average molecular weight is 468 g/mol. The first kappa shape index (κ1) is 22.6. The van der Waals surface area contributed by atoms with Crippen LogP contribution in [0, 0.1) is 0 Å². The van der Waals surface area contributed by atoms with Crippen molar-refractivity contribution in [1.29, 1.82) is 0 Å². The van der Waals surface area contributed by atoms with Gasteiger partial charge in [0.2, 0.25) is 0 Å². The summed E-state index contributed by atoms with van der Waals surface area (Å²) in [5.41, 5.74) is 0.273. The van der Waals surface area contributed by atoms with Crippen LogP contribution in [0.15, 0.2) is 84.9 Å². The molecule has 0 spiro atoms. The Morgan fingerprint density at radius 3 is 2.46 bits per heavy atom. The molecule has 0 saturated carbocycles. The number of aliphatic hydroxyl groups is 1. The standard InChI is InChI=1S/C29H25NO5/c1-34-21-14-15-23(27(16-21)35-2)26(31)17-29(33)24-12-5-6-13-25(24)30(28(29)32)18-20-10-7-9-19-8-3-4-11-22(19)20/h3-16,33H,17-18H2,1-2H3/t29-/m1/s1. The van der Waals surface area contributed by atoms with Gasteiger partial charge in [0.25, 0.3) is 5.91 Å². The maximum atomic E-state index is 13.7. The molecule has 0 aliphatic carbocycles. The van der Waals surface area contributed by atoms with Crippen molar-refractivity contribution < 1.29 is 24.2 Å². The summed E-state index contributed by atoms with van der Waals surface area (Å²) in [6.07, 6.45) is -0.405. The Balaban J connectivity index is 1.51. The van der Waals surface area contributed by atoms with Crippen LogP contribution in [-0.4, -0.2) is 31.0 Å². The van der Waals surface area contributed by atoms with Crippen LogP contribution in [0.4, 0.5) is 5.69 Å². The normalized spacial score (nSPS) is 16.9. The highest BCUT2D eigenvalue weighted by Crippen LogP contribution is 2.44. The fourth-order valence-corrected chi connectivity index (χ4v) is 4.79. The summed E-state index contributed by atoms with van der Waals surface area (Å²) in [6.45, 7) is 0.277. The van der Waals surface area contributed by atoms with Gasteiger partial charge in [-0.2, -0.15) is 0 Å². The van der Waals surface area contributed by atoms with Crippen molar-refractivity contribution in [3.05, 3.63) is 102 Å². The summed E-state index contributed by atoms with van der Waals surface area (Å²) in [7, 11) is 2.99. The molecule has 0 aromatic heterocycles. The van der Waals surface area contributed by atoms with Gasteiger partial charge in [-0.15, -0.1) is 0 Å². The third-order valence-corrected chi connectivity index (χ3v) is 6.57. The Labute approximate surface area is 203 Å². The molecule has 1 aliphatic heterocycles. The van der Waals surface area contributed by atoms with Crippen molar-refractivity contribution in [2.75, 3.05) is 19.1 Å². The first-order chi connectivity index (χ1) is 17.0. The molecule has 1 aliphatic rings. The van der Waals surface area contributed by atoms with Crippen LogP contribution >= 0.6 is 0 Å². The molecule has 0 bridgehead atoms. The fourth-order valence-electron chi connectivity index (χ4n) is 4.79. The van der Waals surface area contributed by atoms with Gasteiger partial charge >= 0.3 is 0 Å². The molecule has 1 heterocycles. The van der Waals surface area contributed by atoms with Gasteiger partial charge in [-0.1, -0.05) is 60.7 Å². The highest BCUT2D eigenvalue weighted by atomic mass is 16.5. The van der Waals surface area contributed by atoms with Crippen molar-refractivity contribution in [3.8, 4) is 11.5 Å². The minimum atomic E-state index is -1.98. The van der Waals surface area contributed by atoms with Gasteiger partial charge in [-0.3, -0.25) is 9.59 Å². The summed E-state index contributed by atoms with van der Waals surface area (Å²) < 4.78 is 10.6. The van der Waals surface area contributed by atoms with Crippen LogP contribution in [0.1, 0.15) is 27.9 Å². The molecule has 6 heteroatoms. The molecule has 6 nitrogen and oxygen atoms in total. The summed E-state index contributed by atoms with van der Waals surface area (Å²) >= 11 is 0. The number of Topliss-reactive ketones (excluding diaryl/α,β-unsaturated/α-hetero) is 1. The van der Waals surface area contributed by atoms with E-state index in [2.05, 4.69) is 0 Å². The van der Waals surface area contributed by atoms with Gasteiger partial charge in [0, 0.05) is 11.6 Å². The minimum Gasteiger partial charge on any atom is -0.497 e. The maximum Gasteiger partial charge on any atom is 0.264 e. The molecule has 1 N–H and O–H groups in total. The van der Waals surface area contributed by atoms with Crippen LogP contribution in [0.25, 0.3) is 10.8 Å². The average Bonchev–Trinajstić information content (AvgIpc) is 3.10. The molecule has 0 unspecified atom stereocenters. The number of anilines is 1. The SMILES string of the molecule is COc1ccc(C(=O)C[C@]2(O)C(=O)N(Cc3cccc4ccccc34)c3ccccc32)c(OC)c1. The van der Waals surface area contributed by atoms with Gasteiger partial charge in [-0.25, -0.2) is 0 Å². The number of carbonyl (C=O) groups excluding carboxylic acids is 2. The largest absolute Gasteiger partial charge is 0.497 e. The van der Waals surface area contributed by atoms with Gasteiger partial charge < -0.3 is 19.5 Å². The van der Waals surface area contributed by atoms with E-state index >= 15 is 0 Å². The molecule has 1 amide bonds. The smallest absolute Gasteiger partial charge is 0.264 e. The first-order valence-electron chi connectivity index (χ1n) is 11.3. The van der Waals surface area contributed by atoms with E-state index in [1.807, 2.05) is 48.5 Å². The van der Waals surface area contributed by atoms with Crippen molar-refractivity contribution in [2.45, 2.75) is 18.6 Å². The van der Waals surface area contributed by atoms with Crippen LogP contribution in [-0.2, 0) is 16.9 Å². The number of hydrogen-bond donors (Lipinski definition) is 1. The van der Waals surface area contributed by atoms with E-state index in [0.717, 1.165) is 16.3 Å². The number of benzene rings is 4. The Kier molecular flexibility index (Phi) is 5.75. The summed E-state index contributed by atoms with van der Waals surface area (Å²) in [4.78, 5) is 28.6. The van der Waals surface area contributed by atoms with Gasteiger partial charge in [0.05, 0.1) is 38.4 Å². The number of rotatable bonds is 7. The molecule has 4 aromatic carbocycles. The topological polar surface area (TPSA) is 76.1 Å². The van der Waals surface area contributed by atoms with Crippen LogP contribution in [0.2, 0.25) is 0 Å². The number of carbonyl (C=O) groups is 2. The van der Waals surface area contributed by atoms with Crippen LogP contribution < -0.4 is 14.4 Å². The van der Waals surface area contributed by atoms with Crippen molar-refractivity contribution in [2.24, 2.45) is 0 Å². The zero-order chi connectivity index (χ0) is 24.6. The van der Waals surface area contributed by atoms with E-state index in [0.29, 0.717) is 22.7 Å². The third-order valence-electron chi connectivity index (χ3n) is 6.57. The fraction of sp³-hybridized carbons (Fsp3) is 0.172. The number of fused-ring (bicyclic) bond motifs is 2. The second kappa shape index (κ2) is 8.89. The van der Waals surface area contributed by atoms with E-state index in [9.17, 15) is 14.7 Å². The third kappa shape index (κ3) is 3.82. The Morgan fingerprint density at radius 2 is 1.66 bits per heavy atom. The molecule has 176 valence electrons. The monoisotopic (exact) mass is 467 g/mol. The lowest BCUT2D eigenvalue weighted by Crippen LogP contribution is -2.41. The molecule has 1 atom stereocenters. The summed E-state index contributed by atoms with van der Waals surface area (Å²) in [5.74, 6) is -0.0559. The van der Waals surface area contributed by atoms with E-state index < -0.39 is 23.7 Å². The number of hydrogen-bond acceptors (Lipinski definition) is 5. The number of amides is 1. The summed E-state index contributed by atoms with van der Waals surface area (Å²) in [5, 5.41) is 13.8. The lowest BCUT2D eigenvalue weighted by atomic mass is 9.88. The Bertz CT molecular complexity index is 1440. The molecular weight excluding hydrogens is 442 g/mol. The first-order valence-corrected chi connectivity index (χ1v) is 11.3. The van der Waals surface area contributed by atoms with E-state index in [4.69, 9.17) is 9.47 Å². The Morgan fingerprint density at radius 1 is 0.914 bits per heavy atom. The lowest BCUT2D eigenvalue weighted by molar-refractivity contribution is -0.136. The van der Waals surface area contributed by atoms with Crippen molar-refractivity contribution >= 4 is 28.2 Å². The quantitative estimate of drug-likeness (QED) is 0.393. The molecule has 0 saturated heterocycles. The summed E-state index contributed by atoms with van der Waals surface area (Å²) in [6, 6.07) is 25.9. The number of ketones is 1. The predicted molar refractivity (Wildman–Crippen MR) is 134 cm³/mol. The molecule has 5 rings (SSSR count). The second-order valence-corrected chi connectivity index (χ2v) is 8.57. The van der Waals surface area contributed by atoms with Crippen LogP contribution in [0.3, 0.4) is 0 Å². The molecule has 0 radical (unpaired) electrons. The molecule has 35 heavy (non-hydrogen) atoms. The zero-order valence-corrected chi connectivity index (χ0v) is 19.5. The minimum absolute atomic E-state index is 0.277. The van der Waals surface area contributed by atoms with Gasteiger partial charge in [0.1, 0.15) is 11.5 Å². The van der Waals surface area contributed by atoms with E-state index in [-0.39, 0.29) is 12.1 Å². The Hall–Kier alpha value is -4.16. The molecular formula is C29H25NO5. The van der Waals surface area contributed by atoms with Crippen LogP contribution in [0.5, 0.6) is 11.5 Å². The highest BCUT2D eigenvalue weighted by molar-refractivity contribution is 6.11. The number of nitrogens with zero attached hydrogens (tertiary/aromatic N) is 1. The lowest BCUT2D eigenvalue weighted by Gasteiger charge is -2.23. The van der Waals surface area contributed by atoms with Crippen molar-refractivity contribution in [3.63, 3.8) is 0 Å². The number of ether oxygens (including phenoxy) is 2. The second-order valence-electron chi connectivity index (χ2n) is 8.57. The van der Waals surface area contributed by atoms with E-state index in [1.54, 1.807) is 41.3 Å². The number of para-hydroxylation sites is 1. The predicted octanol–water partition coefficient (Wildman–Crippen LogP) is 4.86. The van der Waals surface area contributed by atoms with Gasteiger partial charge in [-0.05, 0) is 34.5 Å². The zero-order valence-electron chi connectivity index (χ0n) is 19.5. The molecule has 0 fully saturated rings. The maximum absolute atomic E-state index is 13.7. The van der Waals surface area contributed by atoms with E-state index in [1.165, 1.54) is 14.2 Å². The highest BCUT2D eigenvalue weighted by Gasteiger charge is 2.51.